The lowest BCUT2D eigenvalue weighted by atomic mass is 10.1. The van der Waals surface area contributed by atoms with Crippen molar-refractivity contribution < 1.29 is 24.2 Å². The summed E-state index contributed by atoms with van der Waals surface area (Å²) in [6.07, 6.45) is -1.24. The van der Waals surface area contributed by atoms with E-state index in [1.165, 1.54) is 13.0 Å². The summed E-state index contributed by atoms with van der Waals surface area (Å²) < 4.78 is 13.0. The van der Waals surface area contributed by atoms with Crippen LogP contribution in [-0.4, -0.2) is 34.2 Å². The molecule has 0 saturated carbocycles. The highest BCUT2D eigenvalue weighted by Gasteiger charge is 2.26. The van der Waals surface area contributed by atoms with E-state index in [9.17, 15) is 19.1 Å². The first-order valence-corrected chi connectivity index (χ1v) is 5.79. The molecule has 0 fully saturated rings. The number of nitrogens with one attached hydrogen (secondary N) is 1. The first kappa shape index (κ1) is 14.6. The summed E-state index contributed by atoms with van der Waals surface area (Å²) in [5, 5.41) is 20.2. The Hall–Kier alpha value is -1.47. The third-order valence-electron chi connectivity index (χ3n) is 2.21. The number of rotatable bonds is 4. The van der Waals surface area contributed by atoms with Gasteiger partial charge in [-0.05, 0) is 41.1 Å². The fraction of sp³-hybridized carbons (Fsp3) is 0.273. The molecule has 0 aliphatic rings. The predicted octanol–water partition coefficient (Wildman–Crippen LogP) is 1.15. The van der Waals surface area contributed by atoms with E-state index in [1.807, 2.05) is 0 Å². The number of carbonyl (C=O) groups is 2. The van der Waals surface area contributed by atoms with Gasteiger partial charge in [0.25, 0.3) is 5.91 Å². The van der Waals surface area contributed by atoms with Crippen molar-refractivity contribution in [3.05, 3.63) is 34.1 Å². The lowest BCUT2D eigenvalue weighted by Crippen LogP contribution is -2.47. The maximum atomic E-state index is 12.8. The Morgan fingerprint density at radius 2 is 2.06 bits per heavy atom. The molecule has 0 heterocycles. The van der Waals surface area contributed by atoms with Gasteiger partial charge in [0.05, 0.1) is 11.7 Å². The van der Waals surface area contributed by atoms with Crippen molar-refractivity contribution in [1.82, 2.24) is 5.32 Å². The molecule has 3 N–H and O–H groups in total. The summed E-state index contributed by atoms with van der Waals surface area (Å²) in [6, 6.07) is 1.97. The van der Waals surface area contributed by atoms with E-state index in [0.29, 0.717) is 0 Å². The van der Waals surface area contributed by atoms with Gasteiger partial charge in [-0.15, -0.1) is 0 Å². The highest BCUT2D eigenvalue weighted by Crippen LogP contribution is 2.18. The monoisotopic (exact) mass is 319 g/mol. The summed E-state index contributed by atoms with van der Waals surface area (Å²) in [5.74, 6) is -2.59. The van der Waals surface area contributed by atoms with Crippen LogP contribution in [0.2, 0.25) is 0 Å². The molecule has 0 saturated heterocycles. The Kier molecular flexibility index (Phi) is 4.80. The summed E-state index contributed by atoms with van der Waals surface area (Å²) in [6.45, 7) is 1.25. The molecule has 0 bridgehead atoms. The van der Waals surface area contributed by atoms with Crippen molar-refractivity contribution in [3.8, 4) is 0 Å². The molecule has 0 aliphatic carbocycles. The highest BCUT2D eigenvalue weighted by molar-refractivity contribution is 9.10. The Labute approximate surface area is 111 Å². The van der Waals surface area contributed by atoms with E-state index in [1.54, 1.807) is 0 Å². The van der Waals surface area contributed by atoms with Crippen LogP contribution < -0.4 is 5.32 Å². The lowest BCUT2D eigenvalue weighted by molar-refractivity contribution is -0.141. The van der Waals surface area contributed by atoms with Gasteiger partial charge < -0.3 is 15.5 Å². The largest absolute Gasteiger partial charge is 0.480 e. The number of carboxylic acids is 1. The Morgan fingerprint density at radius 3 is 2.50 bits per heavy atom. The van der Waals surface area contributed by atoms with Gasteiger partial charge in [-0.1, -0.05) is 0 Å². The molecule has 5 nitrogen and oxygen atoms in total. The van der Waals surface area contributed by atoms with Crippen molar-refractivity contribution in [2.75, 3.05) is 0 Å². The second-order valence-electron chi connectivity index (χ2n) is 3.65. The smallest absolute Gasteiger partial charge is 0.328 e. The zero-order valence-corrected chi connectivity index (χ0v) is 10.9. The quantitative estimate of drug-likeness (QED) is 0.777. The van der Waals surface area contributed by atoms with Crippen LogP contribution in [-0.2, 0) is 4.79 Å². The minimum atomic E-state index is -1.42. The summed E-state index contributed by atoms with van der Waals surface area (Å²) in [7, 11) is 0. The van der Waals surface area contributed by atoms with E-state index < -0.39 is 29.8 Å². The van der Waals surface area contributed by atoms with Gasteiger partial charge in [0.15, 0.2) is 6.04 Å². The standard InChI is InChI=1S/C11H11BrFNO4/c1-5(15)9(11(17)18)14-10(16)7-3-2-6(13)4-8(7)12/h2-5,9,15H,1H3,(H,14,16)(H,17,18)/t5-,9+/m1/s1. The number of carbonyl (C=O) groups excluding carboxylic acids is 1. The molecule has 7 heteroatoms. The maximum Gasteiger partial charge on any atom is 0.328 e. The van der Waals surface area contributed by atoms with Crippen molar-refractivity contribution >= 4 is 27.8 Å². The Bertz CT molecular complexity index is 478. The van der Waals surface area contributed by atoms with Crippen LogP contribution in [0.5, 0.6) is 0 Å². The second-order valence-corrected chi connectivity index (χ2v) is 4.51. The van der Waals surface area contributed by atoms with E-state index in [2.05, 4.69) is 21.2 Å². The fourth-order valence-electron chi connectivity index (χ4n) is 1.28. The summed E-state index contributed by atoms with van der Waals surface area (Å²) >= 11 is 3.00. The predicted molar refractivity (Wildman–Crippen MR) is 64.7 cm³/mol. The first-order valence-electron chi connectivity index (χ1n) is 4.99. The number of halogens is 2. The van der Waals surface area contributed by atoms with Gasteiger partial charge in [0, 0.05) is 4.47 Å². The van der Waals surface area contributed by atoms with Crippen LogP contribution in [0, 0.1) is 5.82 Å². The van der Waals surface area contributed by atoms with E-state index >= 15 is 0 Å². The number of carboxylic acid groups (broad SMARTS) is 1. The molecular weight excluding hydrogens is 309 g/mol. The average Bonchev–Trinajstić information content (AvgIpc) is 2.24. The van der Waals surface area contributed by atoms with E-state index in [-0.39, 0.29) is 10.0 Å². The minimum absolute atomic E-state index is 0.0864. The molecule has 0 radical (unpaired) electrons. The molecule has 0 aliphatic heterocycles. The Balaban J connectivity index is 2.91. The SMILES string of the molecule is C[C@@H](O)[C@H](NC(=O)c1ccc(F)cc1Br)C(=O)O. The van der Waals surface area contributed by atoms with Gasteiger partial charge in [-0.2, -0.15) is 0 Å². The fourth-order valence-corrected chi connectivity index (χ4v) is 1.81. The molecule has 0 unspecified atom stereocenters. The number of amides is 1. The van der Waals surface area contributed by atoms with E-state index in [4.69, 9.17) is 5.11 Å². The van der Waals surface area contributed by atoms with E-state index in [0.717, 1.165) is 12.1 Å². The molecule has 0 spiro atoms. The Morgan fingerprint density at radius 1 is 1.44 bits per heavy atom. The number of aliphatic hydroxyl groups is 1. The zero-order chi connectivity index (χ0) is 13.9. The molecule has 1 rings (SSSR count). The van der Waals surface area contributed by atoms with Crippen LogP contribution in [0.25, 0.3) is 0 Å². The molecule has 1 aromatic rings. The maximum absolute atomic E-state index is 12.8. The number of aliphatic hydroxyl groups excluding tert-OH is 1. The van der Waals surface area contributed by atoms with Gasteiger partial charge in [0.2, 0.25) is 0 Å². The minimum Gasteiger partial charge on any atom is -0.480 e. The molecule has 98 valence electrons. The highest BCUT2D eigenvalue weighted by atomic mass is 79.9. The van der Waals surface area contributed by atoms with Crippen LogP contribution in [0.1, 0.15) is 17.3 Å². The summed E-state index contributed by atoms with van der Waals surface area (Å²) in [5.41, 5.74) is 0.0864. The average molecular weight is 320 g/mol. The van der Waals surface area contributed by atoms with Gasteiger partial charge in [-0.3, -0.25) is 4.79 Å². The molecule has 0 aromatic heterocycles. The van der Waals surface area contributed by atoms with Crippen LogP contribution in [0.15, 0.2) is 22.7 Å². The molecular formula is C11H11BrFNO4. The van der Waals surface area contributed by atoms with Crippen LogP contribution >= 0.6 is 15.9 Å². The molecule has 1 amide bonds. The lowest BCUT2D eigenvalue weighted by Gasteiger charge is -2.17. The van der Waals surface area contributed by atoms with Gasteiger partial charge in [-0.25, -0.2) is 9.18 Å². The zero-order valence-electron chi connectivity index (χ0n) is 9.35. The number of hydrogen-bond acceptors (Lipinski definition) is 3. The van der Waals surface area contributed by atoms with Gasteiger partial charge in [0.1, 0.15) is 5.82 Å². The van der Waals surface area contributed by atoms with Crippen molar-refractivity contribution in [1.29, 1.82) is 0 Å². The van der Waals surface area contributed by atoms with Crippen LogP contribution in [0.3, 0.4) is 0 Å². The number of hydrogen-bond donors (Lipinski definition) is 3. The number of aliphatic carboxylic acids is 1. The van der Waals surface area contributed by atoms with Crippen molar-refractivity contribution in [2.45, 2.75) is 19.1 Å². The second kappa shape index (κ2) is 5.92. The van der Waals surface area contributed by atoms with Crippen molar-refractivity contribution in [3.63, 3.8) is 0 Å². The third-order valence-corrected chi connectivity index (χ3v) is 2.87. The molecule has 2 atom stereocenters. The van der Waals surface area contributed by atoms with Crippen molar-refractivity contribution in [2.24, 2.45) is 0 Å². The van der Waals surface area contributed by atoms with Gasteiger partial charge >= 0.3 is 5.97 Å². The molecule has 18 heavy (non-hydrogen) atoms. The summed E-state index contributed by atoms with van der Waals surface area (Å²) in [4.78, 5) is 22.6. The number of benzene rings is 1. The molecule has 1 aromatic carbocycles. The van der Waals surface area contributed by atoms with Crippen LogP contribution in [0.4, 0.5) is 4.39 Å². The topological polar surface area (TPSA) is 86.6 Å². The third kappa shape index (κ3) is 3.51. The normalized spacial score (nSPS) is 13.8. The first-order chi connectivity index (χ1) is 8.32.